The number of nitrogens with zero attached hydrogens (tertiary/aromatic N) is 3. The molecule has 0 spiro atoms. The second-order valence-electron chi connectivity index (χ2n) is 7.75. The first-order valence-corrected chi connectivity index (χ1v) is 9.60. The van der Waals surface area contributed by atoms with Gasteiger partial charge in [0.2, 0.25) is 0 Å². The van der Waals surface area contributed by atoms with Crippen molar-refractivity contribution in [3.05, 3.63) is 59.4 Å². The Hall–Kier alpha value is -1.89. The first kappa shape index (κ1) is 18.5. The third-order valence-electron chi connectivity index (χ3n) is 5.95. The molecule has 0 aliphatic carbocycles. The number of piperidine rings is 1. The van der Waals surface area contributed by atoms with Crippen molar-refractivity contribution >= 4 is 0 Å². The molecular formula is C21H26FN3O2. The van der Waals surface area contributed by atoms with Crippen LogP contribution in [0.25, 0.3) is 0 Å². The molecule has 1 aromatic heterocycles. The predicted octanol–water partition coefficient (Wildman–Crippen LogP) is 2.82. The van der Waals surface area contributed by atoms with E-state index in [4.69, 9.17) is 4.74 Å². The summed E-state index contributed by atoms with van der Waals surface area (Å²) in [4.78, 5) is 11.3. The average molecular weight is 371 g/mol. The zero-order valence-corrected chi connectivity index (χ0v) is 15.6. The summed E-state index contributed by atoms with van der Waals surface area (Å²) in [6, 6.07) is 6.96. The first-order valence-electron chi connectivity index (χ1n) is 9.60. The third kappa shape index (κ3) is 3.88. The minimum atomic E-state index is -0.865. The van der Waals surface area contributed by atoms with Gasteiger partial charge in [0.05, 0.1) is 12.2 Å². The van der Waals surface area contributed by atoms with Crippen molar-refractivity contribution in [1.29, 1.82) is 0 Å². The zero-order valence-electron chi connectivity index (χ0n) is 15.6. The molecule has 2 atom stereocenters. The van der Waals surface area contributed by atoms with Crippen LogP contribution in [-0.4, -0.2) is 45.8 Å². The molecule has 2 saturated heterocycles. The maximum absolute atomic E-state index is 13.2. The summed E-state index contributed by atoms with van der Waals surface area (Å²) >= 11 is 0. The number of hydrogen-bond acceptors (Lipinski definition) is 5. The lowest BCUT2D eigenvalue weighted by Crippen LogP contribution is -2.49. The van der Waals surface area contributed by atoms with Crippen LogP contribution in [0, 0.1) is 5.82 Å². The lowest BCUT2D eigenvalue weighted by atomic mass is 9.80. The minimum Gasteiger partial charge on any atom is -0.385 e. The van der Waals surface area contributed by atoms with Crippen molar-refractivity contribution in [3.8, 4) is 0 Å². The van der Waals surface area contributed by atoms with E-state index in [1.54, 1.807) is 19.2 Å². The second-order valence-corrected chi connectivity index (χ2v) is 7.75. The summed E-state index contributed by atoms with van der Waals surface area (Å²) in [7, 11) is 1.67. The normalized spacial score (nSPS) is 27.8. The number of halogens is 1. The molecule has 144 valence electrons. The van der Waals surface area contributed by atoms with Crippen LogP contribution in [0.1, 0.15) is 42.6 Å². The van der Waals surface area contributed by atoms with Gasteiger partial charge < -0.3 is 9.84 Å². The van der Waals surface area contributed by atoms with Gasteiger partial charge in [0.25, 0.3) is 0 Å². The second kappa shape index (κ2) is 7.62. The fourth-order valence-electron chi connectivity index (χ4n) is 4.57. The molecule has 0 radical (unpaired) electrons. The Morgan fingerprint density at radius 2 is 1.78 bits per heavy atom. The standard InChI is InChI=1S/C21H26FN3O2/c1-27-9-8-20-23-12-15(13-24-20)14-25-18-6-7-19(25)11-21(26,10-18)16-2-4-17(22)5-3-16/h2-5,12-13,18-19,26H,6-11,14H2,1H3/t18-,19-/m1/s1. The molecule has 6 heteroatoms. The molecule has 2 bridgehead atoms. The highest BCUT2D eigenvalue weighted by Gasteiger charge is 2.48. The van der Waals surface area contributed by atoms with Crippen LogP contribution in [-0.2, 0) is 23.3 Å². The van der Waals surface area contributed by atoms with Crippen LogP contribution in [0.5, 0.6) is 0 Å². The van der Waals surface area contributed by atoms with E-state index in [2.05, 4.69) is 14.9 Å². The van der Waals surface area contributed by atoms with E-state index >= 15 is 0 Å². The Kier molecular flexibility index (Phi) is 5.21. The molecule has 0 unspecified atom stereocenters. The number of rotatable bonds is 6. The lowest BCUT2D eigenvalue weighted by Gasteiger charge is -2.44. The van der Waals surface area contributed by atoms with Gasteiger partial charge in [0.15, 0.2) is 0 Å². The topological polar surface area (TPSA) is 58.5 Å². The third-order valence-corrected chi connectivity index (χ3v) is 5.95. The van der Waals surface area contributed by atoms with E-state index in [1.165, 1.54) is 12.1 Å². The Morgan fingerprint density at radius 1 is 1.15 bits per heavy atom. The zero-order chi connectivity index (χ0) is 18.9. The van der Waals surface area contributed by atoms with Crippen LogP contribution in [0.15, 0.2) is 36.7 Å². The number of ether oxygens (including phenoxy) is 1. The molecule has 1 aromatic carbocycles. The van der Waals surface area contributed by atoms with Gasteiger partial charge in [-0.1, -0.05) is 12.1 Å². The summed E-state index contributed by atoms with van der Waals surface area (Å²) in [5.74, 6) is 0.532. The SMILES string of the molecule is COCCc1ncc(CN2[C@@H]3CC[C@@H]2CC(O)(c2ccc(F)cc2)C3)cn1. The van der Waals surface area contributed by atoms with Gasteiger partial charge in [-0.15, -0.1) is 0 Å². The van der Waals surface area contributed by atoms with Gasteiger partial charge >= 0.3 is 0 Å². The highest BCUT2D eigenvalue weighted by Crippen LogP contribution is 2.46. The summed E-state index contributed by atoms with van der Waals surface area (Å²) in [6.45, 7) is 1.43. The molecule has 2 aliphatic heterocycles. The van der Waals surface area contributed by atoms with Gasteiger partial charge in [-0.25, -0.2) is 14.4 Å². The van der Waals surface area contributed by atoms with Crippen molar-refractivity contribution in [2.45, 2.75) is 56.3 Å². The molecule has 1 N–H and O–H groups in total. The predicted molar refractivity (Wildman–Crippen MR) is 99.5 cm³/mol. The van der Waals surface area contributed by atoms with Crippen molar-refractivity contribution in [2.75, 3.05) is 13.7 Å². The lowest BCUT2D eigenvalue weighted by molar-refractivity contribution is -0.0595. The molecular weight excluding hydrogens is 345 g/mol. The van der Waals surface area contributed by atoms with Crippen LogP contribution in [0.3, 0.4) is 0 Å². The van der Waals surface area contributed by atoms with E-state index in [0.717, 1.165) is 42.8 Å². The molecule has 27 heavy (non-hydrogen) atoms. The van der Waals surface area contributed by atoms with Crippen LogP contribution in [0.4, 0.5) is 4.39 Å². The van der Waals surface area contributed by atoms with E-state index in [9.17, 15) is 9.50 Å². The summed E-state index contributed by atoms with van der Waals surface area (Å²) in [6.07, 6.45) is 8.05. The first-order chi connectivity index (χ1) is 13.1. The van der Waals surface area contributed by atoms with Crippen molar-refractivity contribution in [3.63, 3.8) is 0 Å². The van der Waals surface area contributed by atoms with Crippen molar-refractivity contribution < 1.29 is 14.2 Å². The van der Waals surface area contributed by atoms with Crippen LogP contribution >= 0.6 is 0 Å². The number of hydrogen-bond donors (Lipinski definition) is 1. The fourth-order valence-corrected chi connectivity index (χ4v) is 4.57. The molecule has 2 fully saturated rings. The Morgan fingerprint density at radius 3 is 2.37 bits per heavy atom. The number of aliphatic hydroxyl groups is 1. The van der Waals surface area contributed by atoms with Crippen molar-refractivity contribution in [2.24, 2.45) is 0 Å². The van der Waals surface area contributed by atoms with Crippen LogP contribution in [0.2, 0.25) is 0 Å². The number of methoxy groups -OCH3 is 1. The Bertz CT molecular complexity index is 752. The van der Waals surface area contributed by atoms with Gasteiger partial charge in [-0.3, -0.25) is 4.90 Å². The summed E-state index contributed by atoms with van der Waals surface area (Å²) in [5.41, 5.74) is 1.06. The molecule has 0 amide bonds. The molecule has 4 rings (SSSR count). The van der Waals surface area contributed by atoms with Crippen LogP contribution < -0.4 is 0 Å². The molecule has 3 heterocycles. The number of fused-ring (bicyclic) bond motifs is 2. The highest BCUT2D eigenvalue weighted by molar-refractivity contribution is 5.26. The molecule has 2 aromatic rings. The van der Waals surface area contributed by atoms with Gasteiger partial charge in [0, 0.05) is 50.1 Å². The Labute approximate surface area is 159 Å². The van der Waals surface area contributed by atoms with E-state index in [1.807, 2.05) is 12.4 Å². The van der Waals surface area contributed by atoms with Gasteiger partial charge in [-0.05, 0) is 43.4 Å². The number of aromatic nitrogens is 2. The largest absolute Gasteiger partial charge is 0.385 e. The van der Waals surface area contributed by atoms with Gasteiger partial charge in [0.1, 0.15) is 11.6 Å². The maximum Gasteiger partial charge on any atom is 0.130 e. The highest BCUT2D eigenvalue weighted by atomic mass is 19.1. The van der Waals surface area contributed by atoms with E-state index in [-0.39, 0.29) is 5.82 Å². The molecule has 0 saturated carbocycles. The quantitative estimate of drug-likeness (QED) is 0.846. The summed E-state index contributed by atoms with van der Waals surface area (Å²) < 4.78 is 18.3. The molecule has 2 aliphatic rings. The van der Waals surface area contributed by atoms with Crippen molar-refractivity contribution in [1.82, 2.24) is 14.9 Å². The Balaban J connectivity index is 1.44. The van der Waals surface area contributed by atoms with Gasteiger partial charge in [-0.2, -0.15) is 0 Å². The maximum atomic E-state index is 13.2. The monoisotopic (exact) mass is 371 g/mol. The summed E-state index contributed by atoms with van der Waals surface area (Å²) in [5, 5.41) is 11.2. The number of benzene rings is 1. The van der Waals surface area contributed by atoms with E-state index < -0.39 is 5.60 Å². The molecule has 5 nitrogen and oxygen atoms in total. The smallest absolute Gasteiger partial charge is 0.130 e. The van der Waals surface area contributed by atoms with E-state index in [0.29, 0.717) is 31.5 Å². The minimum absolute atomic E-state index is 0.267. The fraction of sp³-hybridized carbons (Fsp3) is 0.524. The average Bonchev–Trinajstić information content (AvgIpc) is 2.91.